The van der Waals surface area contributed by atoms with Gasteiger partial charge in [-0.05, 0) is 35.9 Å². The number of fused-ring (bicyclic) bond motifs is 1. The van der Waals surface area contributed by atoms with Crippen molar-refractivity contribution in [3.8, 4) is 0 Å². The van der Waals surface area contributed by atoms with Gasteiger partial charge in [0.15, 0.2) is 0 Å². The number of nitrogens with two attached hydrogens (primary N) is 1. The zero-order valence-corrected chi connectivity index (χ0v) is 25.2. The maximum Gasteiger partial charge on any atom is 0.310 e. The first kappa shape index (κ1) is 31.5. The molecule has 0 radical (unpaired) electrons. The van der Waals surface area contributed by atoms with Crippen molar-refractivity contribution in [1.29, 1.82) is 0 Å². The Morgan fingerprint density at radius 2 is 1.71 bits per heavy atom. The molecule has 13 heteroatoms. The molecule has 1 unspecified atom stereocenters. The first-order valence-corrected chi connectivity index (χ1v) is 14.7. The van der Waals surface area contributed by atoms with E-state index in [1.807, 2.05) is 30.3 Å². The first-order chi connectivity index (χ1) is 21.6. The Kier molecular flexibility index (Phi) is 9.65. The van der Waals surface area contributed by atoms with Gasteiger partial charge in [0.1, 0.15) is 18.6 Å². The molecule has 1 saturated heterocycles. The molecule has 3 atom stereocenters. The second-order valence-corrected chi connectivity index (χ2v) is 11.0. The monoisotopic (exact) mass is 633 g/mol. The number of carbonyl (C=O) groups excluding carboxylic acids is 5. The molecule has 2 aliphatic rings. The lowest BCUT2D eigenvalue weighted by Crippen LogP contribution is -2.55. The molecule has 3 aromatic carbocycles. The molecule has 4 N–H and O–H groups in total. The van der Waals surface area contributed by atoms with Crippen LogP contribution in [0.15, 0.2) is 72.8 Å². The van der Waals surface area contributed by atoms with E-state index in [1.54, 1.807) is 31.2 Å². The number of halogens is 1. The highest BCUT2D eigenvalue weighted by Gasteiger charge is 2.40. The van der Waals surface area contributed by atoms with E-state index in [4.69, 9.17) is 26.8 Å². The molecule has 3 aromatic rings. The third-order valence-electron chi connectivity index (χ3n) is 7.43. The Labute approximate surface area is 264 Å². The highest BCUT2D eigenvalue weighted by molar-refractivity contribution is 6.33. The number of amides is 4. The van der Waals surface area contributed by atoms with Crippen molar-refractivity contribution < 1.29 is 33.4 Å². The van der Waals surface area contributed by atoms with Gasteiger partial charge in [0.2, 0.25) is 18.1 Å². The number of cyclic esters (lactones) is 1. The number of nitrogens with one attached hydrogen (secondary N) is 2. The fourth-order valence-electron chi connectivity index (χ4n) is 5.15. The zero-order valence-electron chi connectivity index (χ0n) is 24.4. The van der Waals surface area contributed by atoms with Gasteiger partial charge in [-0.1, -0.05) is 61.0 Å². The maximum absolute atomic E-state index is 14.0. The molecule has 0 saturated carbocycles. The van der Waals surface area contributed by atoms with Gasteiger partial charge in [-0.15, -0.1) is 0 Å². The number of nitrogen functional groups attached to an aromatic ring is 1. The molecule has 234 valence electrons. The van der Waals surface area contributed by atoms with Gasteiger partial charge in [0.05, 0.1) is 41.7 Å². The number of carbonyl (C=O) groups is 5. The van der Waals surface area contributed by atoms with Crippen LogP contribution in [0.25, 0.3) is 0 Å². The standard InChI is InChI=1S/C32H32ClN5O7/c1-2-28(40)37-16-24(36-30(42)20-12-13-22(34)21(33)14-20)31(43)38(26-11-7-6-10-25(26)37)17-27(39)35-23-15-29(41)45-32(23)44-18-19-8-4-3-5-9-19/h3-14,23-24,32H,2,15-18,34H2,1H3,(H,35,39)(H,36,42)/t23-,24-,32?/m0/s1. The van der Waals surface area contributed by atoms with E-state index in [2.05, 4.69) is 10.6 Å². The van der Waals surface area contributed by atoms with Crippen LogP contribution in [-0.2, 0) is 35.3 Å². The summed E-state index contributed by atoms with van der Waals surface area (Å²) in [6.45, 7) is 1.20. The largest absolute Gasteiger partial charge is 0.433 e. The smallest absolute Gasteiger partial charge is 0.310 e. The van der Waals surface area contributed by atoms with Crippen LogP contribution in [0.4, 0.5) is 17.1 Å². The molecule has 0 aliphatic carbocycles. The van der Waals surface area contributed by atoms with E-state index >= 15 is 0 Å². The van der Waals surface area contributed by atoms with Gasteiger partial charge in [-0.2, -0.15) is 0 Å². The third kappa shape index (κ3) is 7.24. The highest BCUT2D eigenvalue weighted by atomic mass is 35.5. The average Bonchev–Trinajstić information content (AvgIpc) is 3.34. The van der Waals surface area contributed by atoms with Crippen molar-refractivity contribution in [3.05, 3.63) is 88.9 Å². The molecule has 0 bridgehead atoms. The number of hydrogen-bond donors (Lipinski definition) is 3. The number of benzene rings is 3. The maximum atomic E-state index is 14.0. The topological polar surface area (TPSA) is 160 Å². The summed E-state index contributed by atoms with van der Waals surface area (Å²) in [5.74, 6) is -2.64. The predicted octanol–water partition coefficient (Wildman–Crippen LogP) is 2.79. The van der Waals surface area contributed by atoms with Crippen LogP contribution in [0.1, 0.15) is 35.7 Å². The third-order valence-corrected chi connectivity index (χ3v) is 7.76. The normalized spacial score (nSPS) is 19.4. The fourth-order valence-corrected chi connectivity index (χ4v) is 5.33. The lowest BCUT2D eigenvalue weighted by Gasteiger charge is -2.26. The summed E-state index contributed by atoms with van der Waals surface area (Å²) < 4.78 is 11.1. The Morgan fingerprint density at radius 1 is 1.00 bits per heavy atom. The van der Waals surface area contributed by atoms with E-state index < -0.39 is 48.6 Å². The molecule has 4 amide bonds. The Balaban J connectivity index is 1.37. The number of nitrogens with zero attached hydrogens (tertiary/aromatic N) is 2. The van der Waals surface area contributed by atoms with Crippen molar-refractivity contribution in [3.63, 3.8) is 0 Å². The number of esters is 1. The molecule has 5 rings (SSSR count). The zero-order chi connectivity index (χ0) is 32.1. The quantitative estimate of drug-likeness (QED) is 0.240. The van der Waals surface area contributed by atoms with Crippen LogP contribution in [-0.4, -0.2) is 61.1 Å². The van der Waals surface area contributed by atoms with Crippen LogP contribution in [0.3, 0.4) is 0 Å². The molecule has 2 heterocycles. The van der Waals surface area contributed by atoms with Crippen molar-refractivity contribution in [2.45, 2.75) is 44.7 Å². The Hall–Kier alpha value is -4.94. The fraction of sp³-hybridized carbons (Fsp3) is 0.281. The summed E-state index contributed by atoms with van der Waals surface area (Å²) in [6, 6.07) is 18.3. The van der Waals surface area contributed by atoms with Crippen molar-refractivity contribution >= 4 is 58.3 Å². The molecule has 2 aliphatic heterocycles. The highest BCUT2D eigenvalue weighted by Crippen LogP contribution is 2.33. The van der Waals surface area contributed by atoms with Gasteiger partial charge >= 0.3 is 5.97 Å². The number of anilines is 3. The van der Waals surface area contributed by atoms with Crippen LogP contribution >= 0.6 is 11.6 Å². The Bertz CT molecular complexity index is 1620. The minimum atomic E-state index is -1.22. The summed E-state index contributed by atoms with van der Waals surface area (Å²) in [5.41, 5.74) is 7.79. The van der Waals surface area contributed by atoms with E-state index in [1.165, 1.54) is 28.0 Å². The summed E-state index contributed by atoms with van der Waals surface area (Å²) in [5, 5.41) is 5.62. The minimum Gasteiger partial charge on any atom is -0.433 e. The summed E-state index contributed by atoms with van der Waals surface area (Å²) in [6.07, 6.45) is -1.00. The number of para-hydroxylation sites is 2. The van der Waals surface area contributed by atoms with E-state index in [0.29, 0.717) is 11.4 Å². The van der Waals surface area contributed by atoms with Crippen LogP contribution in [0, 0.1) is 0 Å². The SMILES string of the molecule is CCC(=O)N1C[C@H](NC(=O)c2ccc(N)c(Cl)c2)C(=O)N(CC(=O)N[C@H]2CC(=O)OC2OCc2ccccc2)c2ccccc21. The molecule has 1 fully saturated rings. The van der Waals surface area contributed by atoms with E-state index in [-0.39, 0.29) is 48.2 Å². The van der Waals surface area contributed by atoms with Crippen molar-refractivity contribution in [2.75, 3.05) is 28.6 Å². The predicted molar refractivity (Wildman–Crippen MR) is 166 cm³/mol. The van der Waals surface area contributed by atoms with Gasteiger partial charge in [0.25, 0.3) is 11.8 Å². The molecule has 45 heavy (non-hydrogen) atoms. The van der Waals surface area contributed by atoms with Crippen molar-refractivity contribution in [2.24, 2.45) is 0 Å². The van der Waals surface area contributed by atoms with Crippen molar-refractivity contribution in [1.82, 2.24) is 10.6 Å². The van der Waals surface area contributed by atoms with E-state index in [0.717, 1.165) is 5.56 Å². The molecule has 0 aromatic heterocycles. The summed E-state index contributed by atoms with van der Waals surface area (Å²) in [7, 11) is 0. The number of hydrogen-bond acceptors (Lipinski definition) is 8. The molecular weight excluding hydrogens is 602 g/mol. The van der Waals surface area contributed by atoms with Crippen LogP contribution < -0.4 is 26.2 Å². The summed E-state index contributed by atoms with van der Waals surface area (Å²) >= 11 is 6.10. The second-order valence-electron chi connectivity index (χ2n) is 10.6. The van der Waals surface area contributed by atoms with Gasteiger partial charge in [-0.25, -0.2) is 0 Å². The van der Waals surface area contributed by atoms with Crippen LogP contribution in [0.5, 0.6) is 0 Å². The van der Waals surface area contributed by atoms with Crippen LogP contribution in [0.2, 0.25) is 5.02 Å². The molecule has 0 spiro atoms. The molecule has 12 nitrogen and oxygen atoms in total. The minimum absolute atomic E-state index is 0.114. The Morgan fingerprint density at radius 3 is 2.42 bits per heavy atom. The second kappa shape index (κ2) is 13.8. The lowest BCUT2D eigenvalue weighted by molar-refractivity contribution is -0.168. The molecular formula is C32H32ClN5O7. The number of ether oxygens (including phenoxy) is 2. The summed E-state index contributed by atoms with van der Waals surface area (Å²) in [4.78, 5) is 68.5. The lowest BCUT2D eigenvalue weighted by atomic mass is 10.1. The van der Waals surface area contributed by atoms with Gasteiger partial charge in [-0.3, -0.25) is 28.9 Å². The van der Waals surface area contributed by atoms with Gasteiger partial charge < -0.3 is 30.7 Å². The van der Waals surface area contributed by atoms with Gasteiger partial charge in [0, 0.05) is 12.0 Å². The number of rotatable bonds is 9. The first-order valence-electron chi connectivity index (χ1n) is 14.4. The average molecular weight is 634 g/mol. The van der Waals surface area contributed by atoms with E-state index in [9.17, 15) is 24.0 Å².